The van der Waals surface area contributed by atoms with E-state index in [1.165, 1.54) is 12.1 Å². The van der Waals surface area contributed by atoms with Crippen molar-refractivity contribution in [3.8, 4) is 28.0 Å². The number of halogens is 1. The van der Waals surface area contributed by atoms with Gasteiger partial charge >= 0.3 is 0 Å². The van der Waals surface area contributed by atoms with Gasteiger partial charge in [0, 0.05) is 17.7 Å². The van der Waals surface area contributed by atoms with Crippen molar-refractivity contribution in [1.82, 2.24) is 0 Å². The zero-order valence-corrected chi connectivity index (χ0v) is 29.5. The molecule has 0 aromatic heterocycles. The van der Waals surface area contributed by atoms with Crippen molar-refractivity contribution >= 4 is 11.6 Å². The third kappa shape index (κ3) is 7.67. The number of aliphatic hydroxyl groups is 5. The molecule has 10 heteroatoms. The van der Waals surface area contributed by atoms with Crippen LogP contribution in [-0.2, 0) is 9.53 Å². The highest BCUT2D eigenvalue weighted by Gasteiger charge is 2.44. The summed E-state index contributed by atoms with van der Waals surface area (Å²) in [7, 11) is 0. The SMILES string of the molecule is O=C1C[C@@H](CCC[C@H](O)c2ccc(F)cc2)[C@@H](c2ccc(-c3ccc(C4O[C@H](CO)[C@@H](O)[C@H](O)[C@H]4O)cc3)cc2O)N1c1ccc(-c2ccccc2)cc1. The second-order valence-corrected chi connectivity index (χ2v) is 14.2. The van der Waals surface area contributed by atoms with E-state index in [1.54, 1.807) is 47.4 Å². The van der Waals surface area contributed by atoms with E-state index in [0.29, 0.717) is 47.2 Å². The fourth-order valence-corrected chi connectivity index (χ4v) is 7.84. The third-order valence-electron chi connectivity index (χ3n) is 10.8. The first kappa shape index (κ1) is 37.4. The number of hydrogen-bond donors (Lipinski definition) is 6. The number of aliphatic hydroxyl groups excluding tert-OH is 5. The summed E-state index contributed by atoms with van der Waals surface area (Å²) < 4.78 is 19.2. The lowest BCUT2D eigenvalue weighted by molar-refractivity contribution is -0.231. The molecule has 2 saturated heterocycles. The topological polar surface area (TPSA) is 151 Å². The Labute approximate surface area is 313 Å². The minimum atomic E-state index is -1.49. The molecule has 6 N–H and O–H groups in total. The van der Waals surface area contributed by atoms with Crippen LogP contribution < -0.4 is 4.90 Å². The summed E-state index contributed by atoms with van der Waals surface area (Å²) in [6, 6.07) is 35.5. The number of hydrogen-bond acceptors (Lipinski definition) is 8. The number of amides is 1. The van der Waals surface area contributed by atoms with E-state index < -0.39 is 49.3 Å². The second kappa shape index (κ2) is 16.2. The molecule has 280 valence electrons. The molecule has 54 heavy (non-hydrogen) atoms. The molecule has 0 saturated carbocycles. The Morgan fingerprint density at radius 1 is 0.759 bits per heavy atom. The quantitative estimate of drug-likeness (QED) is 0.0916. The number of phenols is 1. The molecule has 9 nitrogen and oxygen atoms in total. The zero-order valence-electron chi connectivity index (χ0n) is 29.5. The van der Waals surface area contributed by atoms with Gasteiger partial charge in [-0.1, -0.05) is 97.4 Å². The van der Waals surface area contributed by atoms with E-state index in [4.69, 9.17) is 4.74 Å². The fourth-order valence-electron chi connectivity index (χ4n) is 7.84. The van der Waals surface area contributed by atoms with Gasteiger partial charge in [-0.05, 0) is 82.5 Å². The van der Waals surface area contributed by atoms with Crippen LogP contribution in [0.25, 0.3) is 22.3 Å². The number of ether oxygens (including phenoxy) is 1. The minimum Gasteiger partial charge on any atom is -0.508 e. The zero-order chi connectivity index (χ0) is 37.9. The molecule has 5 aromatic rings. The standard InChI is InChI=1S/C44H44FNO8/c45-33-18-13-29(14-19-33)36(48)8-4-7-32-24-39(50)46(34-20-15-27(16-21-34)26-5-2-1-3-6-26)40(32)35-22-17-31(23-37(35)49)28-9-11-30(12-10-28)44-43(53)42(52)41(51)38(25-47)54-44/h1-3,5-6,9-23,32,36,38,40-44,47-49,51-53H,4,7-8,24-25H2/t32-,36+,38-,40+,41-,42+,43-,44?/m1/s1. The van der Waals surface area contributed by atoms with Crippen molar-refractivity contribution in [1.29, 1.82) is 0 Å². The highest BCUT2D eigenvalue weighted by molar-refractivity contribution is 5.97. The normalized spacial score (nSPS) is 24.8. The molecule has 0 radical (unpaired) electrons. The fraction of sp³-hybridized carbons (Fsp3) is 0.295. The summed E-state index contributed by atoms with van der Waals surface area (Å²) in [5.41, 5.74) is 6.02. The van der Waals surface area contributed by atoms with Crippen molar-refractivity contribution in [3.63, 3.8) is 0 Å². The van der Waals surface area contributed by atoms with Crippen LogP contribution in [0.15, 0.2) is 121 Å². The molecular weight excluding hydrogens is 689 g/mol. The Balaban J connectivity index is 1.14. The maximum absolute atomic E-state index is 13.8. The minimum absolute atomic E-state index is 0.0208. The molecule has 2 aliphatic heterocycles. The number of anilines is 1. The number of benzene rings is 5. The van der Waals surface area contributed by atoms with E-state index >= 15 is 0 Å². The molecule has 7 rings (SSSR count). The van der Waals surface area contributed by atoms with Crippen LogP contribution in [0.3, 0.4) is 0 Å². The Hall–Kier alpha value is -4.94. The Bertz CT molecular complexity index is 2020. The van der Waals surface area contributed by atoms with Gasteiger partial charge in [0.05, 0.1) is 18.8 Å². The van der Waals surface area contributed by atoms with Gasteiger partial charge in [-0.15, -0.1) is 0 Å². The monoisotopic (exact) mass is 733 g/mol. The van der Waals surface area contributed by atoms with Crippen molar-refractivity contribution in [2.75, 3.05) is 11.5 Å². The lowest BCUT2D eigenvalue weighted by Crippen LogP contribution is -2.55. The molecule has 1 unspecified atom stereocenters. The van der Waals surface area contributed by atoms with E-state index in [-0.39, 0.29) is 29.8 Å². The first-order valence-electron chi connectivity index (χ1n) is 18.3. The second-order valence-electron chi connectivity index (χ2n) is 14.2. The molecule has 0 spiro atoms. The number of rotatable bonds is 11. The van der Waals surface area contributed by atoms with E-state index in [2.05, 4.69) is 0 Å². The van der Waals surface area contributed by atoms with Crippen molar-refractivity contribution < 1.29 is 44.6 Å². The summed E-state index contributed by atoms with van der Waals surface area (Å²) in [4.78, 5) is 15.6. The van der Waals surface area contributed by atoms with Crippen LogP contribution in [-0.4, -0.2) is 67.6 Å². The first-order chi connectivity index (χ1) is 26.1. The molecule has 2 heterocycles. The summed E-state index contributed by atoms with van der Waals surface area (Å²) in [6.07, 6.45) is -5.20. The van der Waals surface area contributed by atoms with Gasteiger partial charge in [-0.25, -0.2) is 4.39 Å². The molecule has 8 atom stereocenters. The average Bonchev–Trinajstić information content (AvgIpc) is 3.52. The van der Waals surface area contributed by atoms with Crippen molar-refractivity contribution in [3.05, 3.63) is 144 Å². The van der Waals surface area contributed by atoms with Gasteiger partial charge in [0.1, 0.15) is 42.1 Å². The van der Waals surface area contributed by atoms with Gasteiger partial charge in [0.15, 0.2) is 0 Å². The molecule has 0 aliphatic carbocycles. The lowest BCUT2D eigenvalue weighted by atomic mass is 9.87. The predicted molar refractivity (Wildman–Crippen MR) is 202 cm³/mol. The highest BCUT2D eigenvalue weighted by atomic mass is 19.1. The van der Waals surface area contributed by atoms with Crippen molar-refractivity contribution in [2.45, 2.75) is 68.3 Å². The Morgan fingerprint density at radius 2 is 1.39 bits per heavy atom. The molecule has 0 bridgehead atoms. The van der Waals surface area contributed by atoms with Crippen LogP contribution in [0.4, 0.5) is 10.1 Å². The van der Waals surface area contributed by atoms with E-state index in [0.717, 1.165) is 16.7 Å². The number of nitrogens with zero attached hydrogens (tertiary/aromatic N) is 1. The van der Waals surface area contributed by atoms with Crippen LogP contribution in [0.5, 0.6) is 5.75 Å². The number of carbonyl (C=O) groups excluding carboxylic acids is 1. The van der Waals surface area contributed by atoms with Gasteiger partial charge in [-0.3, -0.25) is 4.79 Å². The summed E-state index contributed by atoms with van der Waals surface area (Å²) in [5, 5.41) is 63.0. The Morgan fingerprint density at radius 3 is 2.06 bits per heavy atom. The summed E-state index contributed by atoms with van der Waals surface area (Å²) in [5.74, 6) is -0.580. The van der Waals surface area contributed by atoms with Gasteiger partial charge in [0.25, 0.3) is 0 Å². The predicted octanol–water partition coefficient (Wildman–Crippen LogP) is 6.38. The number of aromatic hydroxyl groups is 1. The van der Waals surface area contributed by atoms with E-state index in [9.17, 15) is 39.8 Å². The van der Waals surface area contributed by atoms with E-state index in [1.807, 2.05) is 66.7 Å². The van der Waals surface area contributed by atoms with Crippen LogP contribution in [0.2, 0.25) is 0 Å². The molecule has 2 aliphatic rings. The highest BCUT2D eigenvalue weighted by Crippen LogP contribution is 2.47. The third-order valence-corrected chi connectivity index (χ3v) is 10.8. The van der Waals surface area contributed by atoms with Crippen LogP contribution in [0, 0.1) is 11.7 Å². The van der Waals surface area contributed by atoms with Gasteiger partial charge < -0.3 is 40.3 Å². The summed E-state index contributed by atoms with van der Waals surface area (Å²) in [6.45, 7) is -0.521. The number of phenolic OH excluding ortho intramolecular Hbond substituents is 1. The molecule has 5 aromatic carbocycles. The molecule has 2 fully saturated rings. The van der Waals surface area contributed by atoms with Crippen molar-refractivity contribution in [2.24, 2.45) is 5.92 Å². The lowest BCUT2D eigenvalue weighted by Gasteiger charge is -2.40. The largest absolute Gasteiger partial charge is 0.508 e. The average molecular weight is 734 g/mol. The molecule has 1 amide bonds. The maximum Gasteiger partial charge on any atom is 0.227 e. The maximum atomic E-state index is 13.8. The number of carbonyl (C=O) groups is 1. The Kier molecular flexibility index (Phi) is 11.2. The van der Waals surface area contributed by atoms with Gasteiger partial charge in [0.2, 0.25) is 5.91 Å². The van der Waals surface area contributed by atoms with Crippen LogP contribution in [0.1, 0.15) is 60.6 Å². The first-order valence-corrected chi connectivity index (χ1v) is 18.3. The smallest absolute Gasteiger partial charge is 0.227 e. The molecular formula is C44H44FNO8. The van der Waals surface area contributed by atoms with Crippen LogP contribution >= 0.6 is 0 Å². The van der Waals surface area contributed by atoms with Gasteiger partial charge in [-0.2, -0.15) is 0 Å². The summed E-state index contributed by atoms with van der Waals surface area (Å²) >= 11 is 0.